The molecule has 0 radical (unpaired) electrons. The molecule has 0 saturated heterocycles. The van der Waals surface area contributed by atoms with Crippen LogP contribution in [0.15, 0.2) is 0 Å². The second kappa shape index (κ2) is 6.96. The van der Waals surface area contributed by atoms with Crippen LogP contribution in [0.25, 0.3) is 0 Å². The molecule has 28 heavy (non-hydrogen) atoms. The van der Waals surface area contributed by atoms with Crippen molar-refractivity contribution in [1.82, 2.24) is 0 Å². The van der Waals surface area contributed by atoms with Gasteiger partial charge in [-0.25, -0.2) is 18.3 Å². The zero-order valence-electron chi connectivity index (χ0n) is 11.9. The van der Waals surface area contributed by atoms with Crippen LogP contribution in [0.4, 0.5) is 70.2 Å². The largest absolute Gasteiger partial charge is 0.438 e. The van der Waals surface area contributed by atoms with Crippen molar-refractivity contribution in [2.24, 2.45) is 0 Å². The number of ether oxygens (including phenoxy) is 2. The van der Waals surface area contributed by atoms with Crippen molar-refractivity contribution in [3.05, 3.63) is 0 Å². The molecule has 0 saturated carbocycles. The SMILES string of the molecule is N#CC(F)(F)C(F)(F)OC(F)(F)C(F)(F)C(F)(F)C(F)(F)OC(F)(F)C(F)F. The Morgan fingerprint density at radius 3 is 1.18 bits per heavy atom. The lowest BCUT2D eigenvalue weighted by Crippen LogP contribution is -2.66. The molecule has 0 aromatic carbocycles. The molecule has 0 spiro atoms. The first kappa shape index (κ1) is 26.3. The predicted molar refractivity (Wildman–Crippen MR) is 48.4 cm³/mol. The molecule has 3 nitrogen and oxygen atoms in total. The lowest BCUT2D eigenvalue weighted by Gasteiger charge is -2.37. The third kappa shape index (κ3) is 4.31. The topological polar surface area (TPSA) is 42.2 Å². The maximum atomic E-state index is 13.0. The van der Waals surface area contributed by atoms with Crippen molar-refractivity contribution >= 4 is 0 Å². The first-order valence-corrected chi connectivity index (χ1v) is 5.66. The standard InChI is InChI=1S/C9HF16NO2/c10-2(11)4(14,15)27-8(22,23)5(16,17)6(18,19)9(24,25)28-7(20,21)3(12,13)1-26/h2H. The van der Waals surface area contributed by atoms with Crippen LogP contribution in [-0.2, 0) is 9.47 Å². The van der Waals surface area contributed by atoms with Gasteiger partial charge in [-0.2, -0.15) is 66.7 Å². The normalized spacial score (nSPS) is 15.7. The van der Waals surface area contributed by atoms with E-state index in [2.05, 4.69) is 0 Å². The molecule has 0 amide bonds. The summed E-state index contributed by atoms with van der Waals surface area (Å²) in [4.78, 5) is 0. The first-order valence-electron chi connectivity index (χ1n) is 5.66. The molecule has 0 aliphatic rings. The van der Waals surface area contributed by atoms with Gasteiger partial charge in [0.15, 0.2) is 0 Å². The van der Waals surface area contributed by atoms with Gasteiger partial charge in [-0.3, -0.25) is 0 Å². The van der Waals surface area contributed by atoms with Crippen molar-refractivity contribution in [1.29, 1.82) is 5.26 Å². The van der Waals surface area contributed by atoms with Gasteiger partial charge in [-0.15, -0.1) is 0 Å². The van der Waals surface area contributed by atoms with E-state index in [1.807, 2.05) is 0 Å². The highest BCUT2D eigenvalue weighted by atomic mass is 19.4. The van der Waals surface area contributed by atoms with Gasteiger partial charge in [0.2, 0.25) is 0 Å². The van der Waals surface area contributed by atoms with Crippen LogP contribution < -0.4 is 0 Å². The molecule has 0 rings (SSSR count). The van der Waals surface area contributed by atoms with Crippen LogP contribution in [0.2, 0.25) is 0 Å². The summed E-state index contributed by atoms with van der Waals surface area (Å²) in [7, 11) is 0. The van der Waals surface area contributed by atoms with E-state index >= 15 is 0 Å². The quantitative estimate of drug-likeness (QED) is 0.452. The third-order valence-corrected chi connectivity index (χ3v) is 2.41. The molecule has 0 fully saturated rings. The highest BCUT2D eigenvalue weighted by Gasteiger charge is 2.86. The van der Waals surface area contributed by atoms with Gasteiger partial charge in [0.05, 0.1) is 0 Å². The van der Waals surface area contributed by atoms with E-state index in [9.17, 15) is 70.2 Å². The van der Waals surface area contributed by atoms with Crippen LogP contribution in [0.5, 0.6) is 0 Å². The molecule has 0 aromatic heterocycles. The molecule has 0 aromatic rings. The van der Waals surface area contributed by atoms with E-state index < -0.39 is 54.7 Å². The minimum absolute atomic E-state index is 0.761. The third-order valence-electron chi connectivity index (χ3n) is 2.41. The molecule has 19 heteroatoms. The van der Waals surface area contributed by atoms with Gasteiger partial charge in [-0.05, 0) is 0 Å². The van der Waals surface area contributed by atoms with Gasteiger partial charge in [0.25, 0.3) is 0 Å². The number of rotatable bonds is 9. The Bertz CT molecular complexity index is 608. The highest BCUT2D eigenvalue weighted by Crippen LogP contribution is 2.56. The maximum absolute atomic E-state index is 13.0. The minimum atomic E-state index is -8.06. The molecular formula is C9HF16NO2. The Labute approximate surface area is 141 Å². The van der Waals surface area contributed by atoms with E-state index in [0.29, 0.717) is 0 Å². The smallest absolute Gasteiger partial charge is 0.246 e. The van der Waals surface area contributed by atoms with E-state index in [1.54, 1.807) is 0 Å². The summed E-state index contributed by atoms with van der Waals surface area (Å²) in [6.07, 6.45) is -34.4. The molecule has 0 N–H and O–H groups in total. The van der Waals surface area contributed by atoms with Gasteiger partial charge in [0, 0.05) is 0 Å². The summed E-state index contributed by atoms with van der Waals surface area (Å²) in [5, 5.41) is 7.56. The van der Waals surface area contributed by atoms with E-state index in [-0.39, 0.29) is 0 Å². The number of nitriles is 1. The van der Waals surface area contributed by atoms with Crippen molar-refractivity contribution in [2.45, 2.75) is 48.6 Å². The lowest BCUT2D eigenvalue weighted by atomic mass is 10.1. The number of alkyl halides is 16. The Hall–Kier alpha value is -1.71. The van der Waals surface area contributed by atoms with Gasteiger partial charge in [-0.1, -0.05) is 0 Å². The molecular weight excluding hydrogens is 458 g/mol. The van der Waals surface area contributed by atoms with E-state index in [4.69, 9.17) is 5.26 Å². The first-order chi connectivity index (χ1) is 11.9. The zero-order chi connectivity index (χ0) is 23.2. The second-order valence-electron chi connectivity index (χ2n) is 4.45. The molecule has 166 valence electrons. The summed E-state index contributed by atoms with van der Waals surface area (Å²) >= 11 is 0. The average Bonchev–Trinajstić information content (AvgIpc) is 2.43. The van der Waals surface area contributed by atoms with Gasteiger partial charge >= 0.3 is 48.6 Å². The van der Waals surface area contributed by atoms with Crippen molar-refractivity contribution < 1.29 is 79.7 Å². The van der Waals surface area contributed by atoms with Crippen LogP contribution in [0.1, 0.15) is 0 Å². The van der Waals surface area contributed by atoms with Crippen LogP contribution in [0.3, 0.4) is 0 Å². The predicted octanol–water partition coefficient (Wildman–Crippen LogP) is 5.09. The summed E-state index contributed by atoms with van der Waals surface area (Å²) in [5.74, 6) is -22.5. The molecule has 0 aliphatic heterocycles. The fourth-order valence-electron chi connectivity index (χ4n) is 0.999. The molecule has 0 heterocycles. The Morgan fingerprint density at radius 2 is 0.893 bits per heavy atom. The van der Waals surface area contributed by atoms with Crippen molar-refractivity contribution in [3.8, 4) is 6.07 Å². The molecule has 0 atom stereocenters. The van der Waals surface area contributed by atoms with Crippen molar-refractivity contribution in [2.75, 3.05) is 0 Å². The number of hydrogen-bond donors (Lipinski definition) is 0. The monoisotopic (exact) mass is 459 g/mol. The zero-order valence-corrected chi connectivity index (χ0v) is 11.9. The molecule has 0 bridgehead atoms. The number of nitrogens with zero attached hydrogens (tertiary/aromatic N) is 1. The second-order valence-corrected chi connectivity index (χ2v) is 4.45. The number of halogens is 16. The summed E-state index contributed by atoms with van der Waals surface area (Å²) in [6, 6.07) is -0.761. The van der Waals surface area contributed by atoms with Crippen molar-refractivity contribution in [3.63, 3.8) is 0 Å². The van der Waals surface area contributed by atoms with Crippen LogP contribution >= 0.6 is 0 Å². The van der Waals surface area contributed by atoms with E-state index in [0.717, 1.165) is 0 Å². The number of hydrogen-bond acceptors (Lipinski definition) is 3. The Balaban J connectivity index is 6.09. The fourth-order valence-corrected chi connectivity index (χ4v) is 0.999. The Kier molecular flexibility index (Phi) is 6.54. The van der Waals surface area contributed by atoms with E-state index in [1.165, 1.54) is 9.47 Å². The lowest BCUT2D eigenvalue weighted by molar-refractivity contribution is -0.523. The van der Waals surface area contributed by atoms with Crippen LogP contribution in [0, 0.1) is 11.3 Å². The fraction of sp³-hybridized carbons (Fsp3) is 0.889. The summed E-state index contributed by atoms with van der Waals surface area (Å²) in [6.45, 7) is 0. The maximum Gasteiger partial charge on any atom is 0.438 e. The van der Waals surface area contributed by atoms with Crippen LogP contribution in [-0.4, -0.2) is 48.6 Å². The summed E-state index contributed by atoms with van der Waals surface area (Å²) < 4.78 is 204. The van der Waals surface area contributed by atoms with Gasteiger partial charge < -0.3 is 0 Å². The highest BCUT2D eigenvalue weighted by molar-refractivity contribution is 5.02. The molecule has 0 unspecified atom stereocenters. The minimum Gasteiger partial charge on any atom is -0.246 e. The Morgan fingerprint density at radius 1 is 0.571 bits per heavy atom. The molecule has 0 aliphatic carbocycles. The summed E-state index contributed by atoms with van der Waals surface area (Å²) in [5.41, 5.74) is 0. The average molecular weight is 459 g/mol. The van der Waals surface area contributed by atoms with Gasteiger partial charge in [0.1, 0.15) is 6.07 Å².